The summed E-state index contributed by atoms with van der Waals surface area (Å²) in [7, 11) is -3.56. The summed E-state index contributed by atoms with van der Waals surface area (Å²) in [4.78, 5) is 4.61. The molecule has 1 aromatic heterocycles. The van der Waals surface area contributed by atoms with Crippen molar-refractivity contribution in [1.29, 1.82) is 5.26 Å². The van der Waals surface area contributed by atoms with Gasteiger partial charge >= 0.3 is 0 Å². The molecular formula is C21H19N3O3S. The summed E-state index contributed by atoms with van der Waals surface area (Å²) in [6.45, 7) is 0.788. The summed E-state index contributed by atoms with van der Waals surface area (Å²) in [5, 5.41) is 9.88. The number of ether oxygens (including phenoxy) is 1. The minimum Gasteiger partial charge on any atom is -0.488 e. The van der Waals surface area contributed by atoms with Crippen LogP contribution in [0.4, 0.5) is 0 Å². The van der Waals surface area contributed by atoms with E-state index < -0.39 is 10.0 Å². The van der Waals surface area contributed by atoms with Crippen LogP contribution in [0.25, 0.3) is 10.9 Å². The summed E-state index contributed by atoms with van der Waals surface area (Å²) in [5.41, 5.74) is 1.26. The number of nitrogens with zero attached hydrogens (tertiary/aromatic N) is 3. The molecule has 2 aromatic carbocycles. The number of piperidine rings is 1. The van der Waals surface area contributed by atoms with Gasteiger partial charge in [-0.3, -0.25) is 4.98 Å². The van der Waals surface area contributed by atoms with E-state index >= 15 is 0 Å². The van der Waals surface area contributed by atoms with Crippen LogP contribution in [0.2, 0.25) is 0 Å². The van der Waals surface area contributed by atoms with Gasteiger partial charge in [0.15, 0.2) is 0 Å². The minimum absolute atomic E-state index is 0.0555. The van der Waals surface area contributed by atoms with E-state index in [1.807, 2.05) is 36.4 Å². The number of pyridine rings is 1. The molecule has 4 rings (SSSR count). The van der Waals surface area contributed by atoms with Gasteiger partial charge in [0.25, 0.3) is 0 Å². The van der Waals surface area contributed by atoms with Crippen LogP contribution >= 0.6 is 0 Å². The third kappa shape index (κ3) is 3.57. The quantitative estimate of drug-likeness (QED) is 0.679. The number of aromatic nitrogens is 1. The molecule has 0 bridgehead atoms. The molecule has 6 nitrogen and oxygen atoms in total. The van der Waals surface area contributed by atoms with Gasteiger partial charge in [-0.25, -0.2) is 8.42 Å². The van der Waals surface area contributed by atoms with Gasteiger partial charge in [0.2, 0.25) is 10.0 Å². The first-order valence-electron chi connectivity index (χ1n) is 9.08. The van der Waals surface area contributed by atoms with Crippen LogP contribution in [0.1, 0.15) is 18.4 Å². The van der Waals surface area contributed by atoms with E-state index in [9.17, 15) is 8.42 Å². The monoisotopic (exact) mass is 393 g/mol. The van der Waals surface area contributed by atoms with Crippen molar-refractivity contribution < 1.29 is 13.2 Å². The van der Waals surface area contributed by atoms with E-state index in [1.54, 1.807) is 6.20 Å². The molecule has 0 atom stereocenters. The van der Waals surface area contributed by atoms with E-state index in [0.29, 0.717) is 31.5 Å². The van der Waals surface area contributed by atoms with Crippen LogP contribution in [0.15, 0.2) is 65.7 Å². The van der Waals surface area contributed by atoms with Crippen LogP contribution in [0.5, 0.6) is 5.75 Å². The van der Waals surface area contributed by atoms with E-state index in [4.69, 9.17) is 10.00 Å². The largest absolute Gasteiger partial charge is 0.488 e. The second-order valence-electron chi connectivity index (χ2n) is 6.69. The molecule has 0 spiro atoms. The molecule has 0 amide bonds. The van der Waals surface area contributed by atoms with Gasteiger partial charge in [-0.05, 0) is 49.2 Å². The maximum Gasteiger partial charge on any atom is 0.243 e. The van der Waals surface area contributed by atoms with Gasteiger partial charge in [-0.2, -0.15) is 9.57 Å². The Morgan fingerprint density at radius 3 is 2.46 bits per heavy atom. The Hall–Kier alpha value is -2.95. The molecule has 7 heteroatoms. The van der Waals surface area contributed by atoms with Gasteiger partial charge in [-0.1, -0.05) is 18.2 Å². The van der Waals surface area contributed by atoms with Crippen molar-refractivity contribution >= 4 is 20.9 Å². The Morgan fingerprint density at radius 2 is 1.75 bits per heavy atom. The molecule has 3 aromatic rings. The third-order valence-corrected chi connectivity index (χ3v) is 6.82. The van der Waals surface area contributed by atoms with E-state index in [-0.39, 0.29) is 11.0 Å². The maximum atomic E-state index is 12.8. The second-order valence-corrected chi connectivity index (χ2v) is 8.63. The van der Waals surface area contributed by atoms with Crippen molar-refractivity contribution in [2.75, 3.05) is 13.1 Å². The zero-order chi connectivity index (χ0) is 19.6. The number of rotatable bonds is 4. The molecule has 0 saturated carbocycles. The predicted molar refractivity (Wildman–Crippen MR) is 105 cm³/mol. The Morgan fingerprint density at radius 1 is 1.04 bits per heavy atom. The first kappa shape index (κ1) is 18.4. The lowest BCUT2D eigenvalue weighted by Gasteiger charge is -2.31. The number of hydrogen-bond donors (Lipinski definition) is 0. The predicted octanol–water partition coefficient (Wildman–Crippen LogP) is 3.34. The van der Waals surface area contributed by atoms with Crippen molar-refractivity contribution in [3.8, 4) is 11.8 Å². The first-order chi connectivity index (χ1) is 13.6. The normalized spacial score (nSPS) is 16.0. The summed E-state index contributed by atoms with van der Waals surface area (Å²) >= 11 is 0. The molecule has 1 aliphatic heterocycles. The van der Waals surface area contributed by atoms with Gasteiger partial charge in [-0.15, -0.1) is 0 Å². The number of hydrogen-bond acceptors (Lipinski definition) is 5. The van der Waals surface area contributed by atoms with Crippen LogP contribution in [-0.4, -0.2) is 36.9 Å². The fourth-order valence-electron chi connectivity index (χ4n) is 3.39. The summed E-state index contributed by atoms with van der Waals surface area (Å²) < 4.78 is 33.3. The van der Waals surface area contributed by atoms with Crippen molar-refractivity contribution in [1.82, 2.24) is 9.29 Å². The van der Waals surface area contributed by atoms with Crippen LogP contribution in [-0.2, 0) is 10.0 Å². The zero-order valence-electron chi connectivity index (χ0n) is 15.2. The molecule has 1 saturated heterocycles. The number of nitriles is 1. The molecule has 2 heterocycles. The van der Waals surface area contributed by atoms with Gasteiger partial charge in [0, 0.05) is 24.7 Å². The fourth-order valence-corrected chi connectivity index (χ4v) is 4.86. The highest BCUT2D eigenvalue weighted by Gasteiger charge is 2.30. The van der Waals surface area contributed by atoms with Gasteiger partial charge in [0.1, 0.15) is 17.4 Å². The van der Waals surface area contributed by atoms with Crippen molar-refractivity contribution in [2.45, 2.75) is 23.8 Å². The second kappa shape index (κ2) is 7.58. The molecule has 1 aliphatic rings. The number of para-hydroxylation sites is 1. The molecule has 0 N–H and O–H groups in total. The van der Waals surface area contributed by atoms with Gasteiger partial charge < -0.3 is 4.74 Å². The number of sulfonamides is 1. The molecule has 1 fully saturated rings. The van der Waals surface area contributed by atoms with Crippen molar-refractivity contribution in [3.05, 3.63) is 66.4 Å². The highest BCUT2D eigenvalue weighted by atomic mass is 32.2. The maximum absolute atomic E-state index is 12.8. The SMILES string of the molecule is N#Cc1ccc(S(=O)(=O)N2CCC(Oc3cccc4cccnc34)CC2)cc1. The van der Waals surface area contributed by atoms with E-state index in [2.05, 4.69) is 4.98 Å². The standard InChI is InChI=1S/C21H19N3O3S/c22-15-16-6-8-19(9-7-16)28(25,26)24-13-10-18(11-14-24)27-20-5-1-3-17-4-2-12-23-21(17)20/h1-9,12,18H,10-11,13-14H2. The van der Waals surface area contributed by atoms with Crippen LogP contribution in [0, 0.1) is 11.3 Å². The molecule has 0 aliphatic carbocycles. The Bertz CT molecular complexity index is 1120. The summed E-state index contributed by atoms with van der Waals surface area (Å²) in [6, 6.07) is 17.7. The highest BCUT2D eigenvalue weighted by molar-refractivity contribution is 7.89. The van der Waals surface area contributed by atoms with Gasteiger partial charge in [0.05, 0.1) is 16.5 Å². The Labute approximate surface area is 164 Å². The lowest BCUT2D eigenvalue weighted by atomic mass is 10.1. The average molecular weight is 393 g/mol. The smallest absolute Gasteiger partial charge is 0.243 e. The molecular weight excluding hydrogens is 374 g/mol. The van der Waals surface area contributed by atoms with Crippen molar-refractivity contribution in [3.63, 3.8) is 0 Å². The third-order valence-electron chi connectivity index (χ3n) is 4.91. The number of benzene rings is 2. The van der Waals surface area contributed by atoms with Crippen LogP contribution in [0.3, 0.4) is 0 Å². The fraction of sp³-hybridized carbons (Fsp3) is 0.238. The Kier molecular flexibility index (Phi) is 4.99. The summed E-state index contributed by atoms with van der Waals surface area (Å²) in [6.07, 6.45) is 2.90. The van der Waals surface area contributed by atoms with E-state index in [0.717, 1.165) is 16.7 Å². The summed E-state index contributed by atoms with van der Waals surface area (Å²) in [5.74, 6) is 0.728. The lowest BCUT2D eigenvalue weighted by molar-refractivity contribution is 0.136. The van der Waals surface area contributed by atoms with Crippen molar-refractivity contribution in [2.24, 2.45) is 0 Å². The Balaban J connectivity index is 1.45. The lowest BCUT2D eigenvalue weighted by Crippen LogP contribution is -2.41. The number of fused-ring (bicyclic) bond motifs is 1. The molecule has 142 valence electrons. The molecule has 0 radical (unpaired) electrons. The molecule has 28 heavy (non-hydrogen) atoms. The highest BCUT2D eigenvalue weighted by Crippen LogP contribution is 2.28. The zero-order valence-corrected chi connectivity index (χ0v) is 16.0. The van der Waals surface area contributed by atoms with E-state index in [1.165, 1.54) is 28.6 Å². The van der Waals surface area contributed by atoms with Crippen LogP contribution < -0.4 is 4.74 Å². The average Bonchev–Trinajstić information content (AvgIpc) is 2.74. The minimum atomic E-state index is -3.56. The topological polar surface area (TPSA) is 83.3 Å². The first-order valence-corrected chi connectivity index (χ1v) is 10.5. The molecule has 0 unspecified atom stereocenters.